The molecule has 2 saturated heterocycles. The van der Waals surface area contributed by atoms with Gasteiger partial charge in [-0.2, -0.15) is 4.31 Å². The van der Waals surface area contributed by atoms with E-state index < -0.39 is 10.0 Å². The lowest BCUT2D eigenvalue weighted by Gasteiger charge is -2.35. The van der Waals surface area contributed by atoms with Gasteiger partial charge >= 0.3 is 0 Å². The summed E-state index contributed by atoms with van der Waals surface area (Å²) in [7, 11) is -3.38. The molecular formula is C18H28N2O3S. The van der Waals surface area contributed by atoms with E-state index in [-0.39, 0.29) is 0 Å². The minimum atomic E-state index is -3.38. The van der Waals surface area contributed by atoms with Crippen LogP contribution in [0.25, 0.3) is 0 Å². The summed E-state index contributed by atoms with van der Waals surface area (Å²) >= 11 is 0. The van der Waals surface area contributed by atoms with E-state index in [1.54, 1.807) is 16.4 Å². The van der Waals surface area contributed by atoms with Gasteiger partial charge in [-0.3, -0.25) is 4.90 Å². The van der Waals surface area contributed by atoms with Crippen molar-refractivity contribution in [2.75, 3.05) is 39.3 Å². The highest BCUT2D eigenvalue weighted by atomic mass is 32.2. The number of piperazine rings is 1. The van der Waals surface area contributed by atoms with Crippen molar-refractivity contribution in [3.63, 3.8) is 0 Å². The van der Waals surface area contributed by atoms with Gasteiger partial charge in [0.1, 0.15) is 0 Å². The van der Waals surface area contributed by atoms with Crippen LogP contribution in [-0.2, 0) is 14.8 Å². The Bertz CT molecular complexity index is 629. The molecule has 134 valence electrons. The van der Waals surface area contributed by atoms with Crippen LogP contribution in [0.3, 0.4) is 0 Å². The Morgan fingerprint density at radius 2 is 1.79 bits per heavy atom. The maximum absolute atomic E-state index is 12.8. The summed E-state index contributed by atoms with van der Waals surface area (Å²) in [4.78, 5) is 2.73. The average Bonchev–Trinajstić information content (AvgIpc) is 3.08. The number of nitrogens with zero attached hydrogens (tertiary/aromatic N) is 2. The number of hydrogen-bond donors (Lipinski definition) is 0. The van der Waals surface area contributed by atoms with E-state index in [0.717, 1.165) is 44.6 Å². The van der Waals surface area contributed by atoms with Crippen LogP contribution in [0.2, 0.25) is 0 Å². The third kappa shape index (κ3) is 3.99. The third-order valence-electron chi connectivity index (χ3n) is 5.00. The van der Waals surface area contributed by atoms with Gasteiger partial charge in [-0.1, -0.05) is 26.0 Å². The highest BCUT2D eigenvalue weighted by Crippen LogP contribution is 2.22. The first-order valence-electron chi connectivity index (χ1n) is 8.91. The Morgan fingerprint density at radius 1 is 1.12 bits per heavy atom. The van der Waals surface area contributed by atoms with Crippen molar-refractivity contribution in [3.8, 4) is 0 Å². The summed E-state index contributed by atoms with van der Waals surface area (Å²) in [5.74, 6) is 0.406. The van der Waals surface area contributed by atoms with E-state index in [1.807, 2.05) is 12.1 Å². The van der Waals surface area contributed by atoms with Gasteiger partial charge in [-0.15, -0.1) is 0 Å². The van der Waals surface area contributed by atoms with Crippen LogP contribution in [0.4, 0.5) is 0 Å². The quantitative estimate of drug-likeness (QED) is 0.816. The molecule has 0 bridgehead atoms. The minimum absolute atomic E-state index is 0.330. The predicted octanol–water partition coefficient (Wildman–Crippen LogP) is 2.30. The molecule has 2 heterocycles. The van der Waals surface area contributed by atoms with Gasteiger partial charge in [-0.25, -0.2) is 8.42 Å². The van der Waals surface area contributed by atoms with Gasteiger partial charge in [-0.05, 0) is 36.5 Å². The molecule has 0 amide bonds. The van der Waals surface area contributed by atoms with Crippen molar-refractivity contribution >= 4 is 10.0 Å². The highest BCUT2D eigenvalue weighted by molar-refractivity contribution is 7.89. The van der Waals surface area contributed by atoms with Crippen molar-refractivity contribution in [1.82, 2.24) is 9.21 Å². The summed E-state index contributed by atoms with van der Waals surface area (Å²) in [6.07, 6.45) is 2.60. The lowest BCUT2D eigenvalue weighted by molar-refractivity contribution is 0.0617. The van der Waals surface area contributed by atoms with Crippen molar-refractivity contribution in [2.24, 2.45) is 0 Å². The van der Waals surface area contributed by atoms with Crippen molar-refractivity contribution in [2.45, 2.75) is 43.6 Å². The molecule has 1 aromatic carbocycles. The van der Waals surface area contributed by atoms with E-state index >= 15 is 0 Å². The first-order chi connectivity index (χ1) is 11.5. The van der Waals surface area contributed by atoms with E-state index in [1.165, 1.54) is 0 Å². The molecule has 0 radical (unpaired) electrons. The summed E-state index contributed by atoms with van der Waals surface area (Å²) in [6, 6.07) is 7.32. The highest BCUT2D eigenvalue weighted by Gasteiger charge is 2.29. The zero-order chi connectivity index (χ0) is 17.2. The Labute approximate surface area is 145 Å². The summed E-state index contributed by atoms with van der Waals surface area (Å²) in [5, 5.41) is 0. The minimum Gasteiger partial charge on any atom is -0.377 e. The lowest BCUT2D eigenvalue weighted by Crippen LogP contribution is -2.50. The molecule has 1 unspecified atom stereocenters. The Kier molecular flexibility index (Phi) is 5.59. The van der Waals surface area contributed by atoms with Crippen molar-refractivity contribution in [1.29, 1.82) is 0 Å². The molecule has 5 nitrogen and oxygen atoms in total. The number of hydrogen-bond acceptors (Lipinski definition) is 4. The van der Waals surface area contributed by atoms with E-state index in [4.69, 9.17) is 4.74 Å². The number of ether oxygens (including phenoxy) is 1. The summed E-state index contributed by atoms with van der Waals surface area (Å²) < 4.78 is 32.9. The Balaban J connectivity index is 1.59. The molecule has 3 rings (SSSR count). The molecule has 0 aliphatic carbocycles. The Morgan fingerprint density at radius 3 is 2.33 bits per heavy atom. The molecule has 0 saturated carbocycles. The second-order valence-electron chi connectivity index (χ2n) is 7.06. The van der Waals surface area contributed by atoms with Gasteiger partial charge in [0.15, 0.2) is 0 Å². The third-order valence-corrected chi connectivity index (χ3v) is 6.91. The Hall–Kier alpha value is -0.950. The second-order valence-corrected chi connectivity index (χ2v) is 9.00. The first kappa shape index (κ1) is 17.9. The van der Waals surface area contributed by atoms with Crippen LogP contribution >= 0.6 is 0 Å². The van der Waals surface area contributed by atoms with Crippen LogP contribution in [-0.4, -0.2) is 63.1 Å². The molecular weight excluding hydrogens is 324 g/mol. The zero-order valence-electron chi connectivity index (χ0n) is 14.6. The molecule has 2 fully saturated rings. The maximum Gasteiger partial charge on any atom is 0.243 e. The van der Waals surface area contributed by atoms with Gasteiger partial charge in [0, 0.05) is 39.3 Å². The van der Waals surface area contributed by atoms with Crippen molar-refractivity contribution < 1.29 is 13.2 Å². The second kappa shape index (κ2) is 7.52. The molecule has 0 spiro atoms. The largest absolute Gasteiger partial charge is 0.377 e. The average molecular weight is 353 g/mol. The normalized spacial score (nSPS) is 23.9. The van der Waals surface area contributed by atoms with E-state index in [9.17, 15) is 8.42 Å². The number of rotatable bonds is 5. The van der Waals surface area contributed by atoms with E-state index in [2.05, 4.69) is 18.7 Å². The molecule has 24 heavy (non-hydrogen) atoms. The fourth-order valence-corrected chi connectivity index (χ4v) is 4.82. The predicted molar refractivity (Wildman–Crippen MR) is 94.7 cm³/mol. The zero-order valence-corrected chi connectivity index (χ0v) is 15.5. The van der Waals surface area contributed by atoms with Crippen molar-refractivity contribution in [3.05, 3.63) is 29.8 Å². The molecule has 6 heteroatoms. The standard InChI is InChI=1S/C18H28N2O3S/c1-15(2)16-5-7-18(8-6-16)24(21,22)20-11-9-19(10-12-20)14-17-4-3-13-23-17/h5-8,15,17H,3-4,9-14H2,1-2H3. The molecule has 1 atom stereocenters. The van der Waals surface area contributed by atoms with Crippen LogP contribution in [0.1, 0.15) is 38.2 Å². The molecule has 2 aliphatic rings. The number of benzene rings is 1. The van der Waals surface area contributed by atoms with Crippen LogP contribution in [0.15, 0.2) is 29.2 Å². The van der Waals surface area contributed by atoms with Crippen LogP contribution in [0.5, 0.6) is 0 Å². The topological polar surface area (TPSA) is 49.9 Å². The van der Waals surface area contributed by atoms with Gasteiger partial charge in [0.25, 0.3) is 0 Å². The number of sulfonamides is 1. The molecule has 0 aromatic heterocycles. The van der Waals surface area contributed by atoms with Crippen LogP contribution in [0, 0.1) is 0 Å². The fourth-order valence-electron chi connectivity index (χ4n) is 3.40. The smallest absolute Gasteiger partial charge is 0.243 e. The van der Waals surface area contributed by atoms with Gasteiger partial charge in [0.2, 0.25) is 10.0 Å². The molecule has 1 aromatic rings. The fraction of sp³-hybridized carbons (Fsp3) is 0.667. The maximum atomic E-state index is 12.8. The SMILES string of the molecule is CC(C)c1ccc(S(=O)(=O)N2CCN(CC3CCCO3)CC2)cc1. The summed E-state index contributed by atoms with van der Waals surface area (Å²) in [5.41, 5.74) is 1.16. The van der Waals surface area contributed by atoms with Gasteiger partial charge < -0.3 is 4.74 Å². The first-order valence-corrected chi connectivity index (χ1v) is 10.3. The molecule has 2 aliphatic heterocycles. The van der Waals surface area contributed by atoms with E-state index in [0.29, 0.717) is 30.0 Å². The van der Waals surface area contributed by atoms with Gasteiger partial charge in [0.05, 0.1) is 11.0 Å². The molecule has 0 N–H and O–H groups in total. The monoisotopic (exact) mass is 352 g/mol. The summed E-state index contributed by atoms with van der Waals surface area (Å²) in [6.45, 7) is 8.68. The lowest BCUT2D eigenvalue weighted by atomic mass is 10.0. The van der Waals surface area contributed by atoms with Crippen LogP contribution < -0.4 is 0 Å².